The van der Waals surface area contributed by atoms with Gasteiger partial charge in [0.25, 0.3) is 5.82 Å². The third-order valence-electron chi connectivity index (χ3n) is 5.19. The highest BCUT2D eigenvalue weighted by Gasteiger charge is 2.33. The van der Waals surface area contributed by atoms with Crippen molar-refractivity contribution in [2.24, 2.45) is 0 Å². The van der Waals surface area contributed by atoms with Crippen LogP contribution in [0, 0.1) is 11.3 Å². The van der Waals surface area contributed by atoms with Crippen molar-refractivity contribution in [3.05, 3.63) is 22.4 Å². The minimum atomic E-state index is -0.228. The molecule has 0 bridgehead atoms. The molecule has 5 nitrogen and oxygen atoms in total. The van der Waals surface area contributed by atoms with E-state index in [-0.39, 0.29) is 11.7 Å². The molecule has 0 aromatic carbocycles. The summed E-state index contributed by atoms with van der Waals surface area (Å²) in [6.07, 6.45) is 6.49. The number of hydrogen-bond acceptors (Lipinski definition) is 4. The largest absolute Gasteiger partial charge is 0.374 e. The Morgan fingerprint density at radius 3 is 2.88 bits per heavy atom. The maximum atomic E-state index is 9.82. The Morgan fingerprint density at radius 2 is 2.20 bits per heavy atom. The Hall–Kier alpha value is -1.64. The molecule has 0 saturated carbocycles. The summed E-state index contributed by atoms with van der Waals surface area (Å²) in [7, 11) is 0. The van der Waals surface area contributed by atoms with E-state index in [0.29, 0.717) is 6.61 Å². The molecule has 2 aliphatic heterocycles. The lowest BCUT2D eigenvalue weighted by molar-refractivity contribution is -0.376. The van der Waals surface area contributed by atoms with E-state index in [1.54, 1.807) is 0 Å². The van der Waals surface area contributed by atoms with Gasteiger partial charge in [0, 0.05) is 25.0 Å². The molecule has 1 aromatic rings. The van der Waals surface area contributed by atoms with Crippen molar-refractivity contribution in [2.45, 2.75) is 77.6 Å². The Morgan fingerprint density at radius 1 is 1.36 bits per heavy atom. The molecule has 5 heteroatoms. The number of H-pyrrole nitrogens is 1. The van der Waals surface area contributed by atoms with E-state index in [0.717, 1.165) is 68.6 Å². The fourth-order valence-electron chi connectivity index (χ4n) is 3.73. The number of nitrogens with one attached hydrogen (secondary N) is 2. The smallest absolute Gasteiger partial charge is 0.290 e. The molecule has 0 spiro atoms. The van der Waals surface area contributed by atoms with Crippen molar-refractivity contribution in [1.29, 1.82) is 5.26 Å². The van der Waals surface area contributed by atoms with Gasteiger partial charge in [-0.3, -0.25) is 5.32 Å². The highest BCUT2D eigenvalue weighted by atomic mass is 16.5. The maximum absolute atomic E-state index is 9.82. The summed E-state index contributed by atoms with van der Waals surface area (Å²) in [6, 6.07) is 2.43. The predicted molar refractivity (Wildman–Crippen MR) is 96.4 cm³/mol. The van der Waals surface area contributed by atoms with Crippen LogP contribution in [0.2, 0.25) is 0 Å². The van der Waals surface area contributed by atoms with Crippen LogP contribution in [0.15, 0.2) is 0 Å². The second-order valence-electron chi connectivity index (χ2n) is 7.77. The minimum Gasteiger partial charge on any atom is -0.374 e. The van der Waals surface area contributed by atoms with Gasteiger partial charge in [-0.2, -0.15) is 5.26 Å². The number of anilines is 1. The van der Waals surface area contributed by atoms with Crippen LogP contribution in [-0.2, 0) is 28.9 Å². The third-order valence-corrected chi connectivity index (χ3v) is 5.19. The van der Waals surface area contributed by atoms with Gasteiger partial charge in [0.1, 0.15) is 23.9 Å². The number of hydrogen-bond donors (Lipinski definition) is 1. The summed E-state index contributed by atoms with van der Waals surface area (Å²) >= 11 is 0. The van der Waals surface area contributed by atoms with Crippen LogP contribution in [0.1, 0.15) is 68.8 Å². The average Bonchev–Trinajstić information content (AvgIpc) is 3.10. The lowest BCUT2D eigenvalue weighted by Gasteiger charge is -2.32. The van der Waals surface area contributed by atoms with Crippen molar-refractivity contribution in [2.75, 3.05) is 18.5 Å². The predicted octanol–water partition coefficient (Wildman–Crippen LogP) is 3.16. The molecule has 0 aliphatic carbocycles. The topological polar surface area (TPSA) is 68.4 Å². The van der Waals surface area contributed by atoms with E-state index >= 15 is 0 Å². The van der Waals surface area contributed by atoms with Gasteiger partial charge >= 0.3 is 0 Å². The van der Waals surface area contributed by atoms with Crippen molar-refractivity contribution >= 4 is 5.82 Å². The molecule has 1 aromatic heterocycles. The lowest BCUT2D eigenvalue weighted by atomic mass is 9.87. The van der Waals surface area contributed by atoms with Gasteiger partial charge in [-0.15, -0.1) is 0 Å². The molecule has 1 saturated heterocycles. The number of ether oxygens (including phenoxy) is 2. The zero-order valence-electron chi connectivity index (χ0n) is 15.7. The molecule has 25 heavy (non-hydrogen) atoms. The Bertz CT molecular complexity index is 658. The van der Waals surface area contributed by atoms with Crippen molar-refractivity contribution in [3.8, 4) is 6.07 Å². The molecule has 0 unspecified atom stereocenters. The standard InChI is InChI=1S/C20H29N3O2/c1-4-5-8-18-17-13-25-20(2,3)10-15(17)16(11-21)19(23-18)22-12-14-7-6-9-24-14/h14H,4-10,12-13H2,1-3H3,(H,22,23)/p+1/t14-/m0/s1. The fraction of sp³-hybridized carbons (Fsp3) is 0.700. The van der Waals surface area contributed by atoms with Crippen LogP contribution < -0.4 is 10.3 Å². The maximum Gasteiger partial charge on any atom is 0.290 e. The Balaban J connectivity index is 1.93. The van der Waals surface area contributed by atoms with E-state index in [9.17, 15) is 5.26 Å². The molecular weight excluding hydrogens is 314 g/mol. The fourth-order valence-corrected chi connectivity index (χ4v) is 3.73. The average molecular weight is 344 g/mol. The molecule has 2 N–H and O–H groups in total. The van der Waals surface area contributed by atoms with Gasteiger partial charge in [0.2, 0.25) is 0 Å². The number of nitrogens with zero attached hydrogens (tertiary/aromatic N) is 1. The first kappa shape index (κ1) is 18.2. The van der Waals surface area contributed by atoms with Crippen molar-refractivity contribution in [1.82, 2.24) is 0 Å². The van der Waals surface area contributed by atoms with Crippen LogP contribution >= 0.6 is 0 Å². The highest BCUT2D eigenvalue weighted by molar-refractivity contribution is 5.56. The van der Waals surface area contributed by atoms with Gasteiger partial charge in [-0.1, -0.05) is 13.3 Å². The molecule has 0 radical (unpaired) electrons. The quantitative estimate of drug-likeness (QED) is 0.861. The monoisotopic (exact) mass is 344 g/mol. The van der Waals surface area contributed by atoms with E-state index in [4.69, 9.17) is 9.47 Å². The first-order valence-corrected chi connectivity index (χ1v) is 9.53. The minimum absolute atomic E-state index is 0.228. The molecule has 3 heterocycles. The number of aryl methyl sites for hydroxylation is 1. The van der Waals surface area contributed by atoms with Gasteiger partial charge < -0.3 is 9.47 Å². The van der Waals surface area contributed by atoms with Gasteiger partial charge in [0.15, 0.2) is 0 Å². The SMILES string of the molecule is CCCCc1[nH+]c(NC[C@@H]2CCCO2)c(C#N)c2c1COC(C)(C)C2. The number of unbranched alkanes of at least 4 members (excludes halogenated alkanes) is 1. The number of rotatable bonds is 6. The summed E-state index contributed by atoms with van der Waals surface area (Å²) < 4.78 is 11.7. The number of fused-ring (bicyclic) bond motifs is 1. The summed E-state index contributed by atoms with van der Waals surface area (Å²) in [5.74, 6) is 0.848. The molecular formula is C20H30N3O2+. The highest BCUT2D eigenvalue weighted by Crippen LogP contribution is 2.33. The van der Waals surface area contributed by atoms with Crippen molar-refractivity contribution < 1.29 is 14.5 Å². The Labute approximate surface area is 150 Å². The number of nitriles is 1. The van der Waals surface area contributed by atoms with E-state index in [1.165, 1.54) is 11.3 Å². The third kappa shape index (κ3) is 4.13. The first-order chi connectivity index (χ1) is 12.0. The second kappa shape index (κ2) is 7.72. The second-order valence-corrected chi connectivity index (χ2v) is 7.77. The summed E-state index contributed by atoms with van der Waals surface area (Å²) in [5, 5.41) is 13.3. The van der Waals surface area contributed by atoms with E-state index in [2.05, 4.69) is 37.1 Å². The molecule has 0 amide bonds. The normalized spacial score (nSPS) is 21.6. The number of aromatic nitrogens is 1. The van der Waals surface area contributed by atoms with Crippen LogP contribution in [0.3, 0.4) is 0 Å². The summed E-state index contributed by atoms with van der Waals surface area (Å²) in [5.41, 5.74) is 4.06. The van der Waals surface area contributed by atoms with Gasteiger partial charge in [-0.25, -0.2) is 4.98 Å². The zero-order chi connectivity index (χ0) is 17.9. The summed E-state index contributed by atoms with van der Waals surface area (Å²) in [6.45, 7) is 8.57. The van der Waals surface area contributed by atoms with Crippen LogP contribution in [0.4, 0.5) is 5.82 Å². The molecule has 136 valence electrons. The van der Waals surface area contributed by atoms with Crippen LogP contribution in [0.25, 0.3) is 0 Å². The van der Waals surface area contributed by atoms with Gasteiger partial charge in [-0.05, 0) is 38.7 Å². The number of aromatic amines is 1. The molecule has 1 fully saturated rings. The molecule has 2 aliphatic rings. The van der Waals surface area contributed by atoms with Gasteiger partial charge in [0.05, 0.1) is 18.3 Å². The molecule has 3 rings (SSSR count). The van der Waals surface area contributed by atoms with Crippen molar-refractivity contribution in [3.63, 3.8) is 0 Å². The van der Waals surface area contributed by atoms with E-state index < -0.39 is 0 Å². The molecule has 1 atom stereocenters. The van der Waals surface area contributed by atoms with Crippen LogP contribution in [-0.4, -0.2) is 24.9 Å². The van der Waals surface area contributed by atoms with E-state index in [1.807, 2.05) is 0 Å². The lowest BCUT2D eigenvalue weighted by Crippen LogP contribution is -2.36. The Kier molecular flexibility index (Phi) is 5.61. The number of pyridine rings is 1. The zero-order valence-corrected chi connectivity index (χ0v) is 15.7. The first-order valence-electron chi connectivity index (χ1n) is 9.53. The van der Waals surface area contributed by atoms with Crippen LogP contribution in [0.5, 0.6) is 0 Å². The summed E-state index contributed by atoms with van der Waals surface area (Å²) in [4.78, 5) is 3.51.